The summed E-state index contributed by atoms with van der Waals surface area (Å²) < 4.78 is 6.45. The van der Waals surface area contributed by atoms with Crippen LogP contribution in [-0.4, -0.2) is 10.5 Å². The lowest BCUT2D eigenvalue weighted by Crippen LogP contribution is -2.11. The normalized spacial score (nSPS) is 10.8. The number of carbonyl (C=O) groups excluding carboxylic acids is 1. The van der Waals surface area contributed by atoms with E-state index in [1.807, 2.05) is 0 Å². The largest absolute Gasteiger partial charge is 0.419 e. The molecule has 1 amide bonds. The molecule has 1 heterocycles. The van der Waals surface area contributed by atoms with E-state index >= 15 is 0 Å². The van der Waals surface area contributed by atoms with Crippen LogP contribution in [0.2, 0.25) is 5.02 Å². The average molecular weight is 303 g/mol. The molecule has 0 saturated carbocycles. The van der Waals surface area contributed by atoms with Gasteiger partial charge in [-0.1, -0.05) is 11.6 Å². The van der Waals surface area contributed by atoms with E-state index in [4.69, 9.17) is 16.0 Å². The Morgan fingerprint density at radius 1 is 1.19 bits per heavy atom. The number of nitrogens with one attached hydrogen (secondary N) is 1. The van der Waals surface area contributed by atoms with E-state index in [9.17, 15) is 9.59 Å². The number of aromatic nitrogens is 1. The number of fused-ring (bicyclic) bond motifs is 1. The van der Waals surface area contributed by atoms with Gasteiger partial charge in [-0.25, -0.2) is 4.79 Å². The summed E-state index contributed by atoms with van der Waals surface area (Å²) in [4.78, 5) is 23.6. The van der Waals surface area contributed by atoms with Crippen molar-refractivity contribution in [2.24, 2.45) is 7.05 Å². The molecule has 21 heavy (non-hydrogen) atoms. The van der Waals surface area contributed by atoms with E-state index in [2.05, 4.69) is 5.32 Å². The molecule has 0 unspecified atom stereocenters. The summed E-state index contributed by atoms with van der Waals surface area (Å²) in [6, 6.07) is 11.7. The molecule has 0 atom stereocenters. The zero-order chi connectivity index (χ0) is 15.0. The van der Waals surface area contributed by atoms with Gasteiger partial charge in [0.15, 0.2) is 5.58 Å². The zero-order valence-corrected chi connectivity index (χ0v) is 11.8. The third-order valence-electron chi connectivity index (χ3n) is 3.16. The van der Waals surface area contributed by atoms with E-state index in [0.717, 1.165) is 0 Å². The van der Waals surface area contributed by atoms with Gasteiger partial charge in [-0.15, -0.1) is 0 Å². The van der Waals surface area contributed by atoms with Gasteiger partial charge in [-0.05, 0) is 42.5 Å². The van der Waals surface area contributed by atoms with E-state index in [-0.39, 0.29) is 5.91 Å². The lowest BCUT2D eigenvalue weighted by Gasteiger charge is -2.05. The van der Waals surface area contributed by atoms with Crippen molar-refractivity contribution in [2.75, 3.05) is 5.32 Å². The maximum Gasteiger partial charge on any atom is 0.419 e. The van der Waals surface area contributed by atoms with Gasteiger partial charge >= 0.3 is 5.76 Å². The van der Waals surface area contributed by atoms with E-state index in [0.29, 0.717) is 27.4 Å². The second-order valence-corrected chi connectivity index (χ2v) is 5.01. The fourth-order valence-corrected chi connectivity index (χ4v) is 2.14. The molecule has 0 radical (unpaired) electrons. The van der Waals surface area contributed by atoms with Crippen molar-refractivity contribution < 1.29 is 9.21 Å². The number of aryl methyl sites for hydroxylation is 1. The number of rotatable bonds is 2. The molecular formula is C15H11ClN2O3. The van der Waals surface area contributed by atoms with Crippen molar-refractivity contribution in [3.8, 4) is 0 Å². The van der Waals surface area contributed by atoms with Crippen LogP contribution >= 0.6 is 11.6 Å². The van der Waals surface area contributed by atoms with Crippen molar-refractivity contribution in [3.63, 3.8) is 0 Å². The molecule has 0 aliphatic rings. The maximum absolute atomic E-state index is 12.2. The third-order valence-corrected chi connectivity index (χ3v) is 3.41. The first-order chi connectivity index (χ1) is 10.0. The molecule has 0 aliphatic heterocycles. The summed E-state index contributed by atoms with van der Waals surface area (Å²) in [5.74, 6) is -0.744. The predicted molar refractivity (Wildman–Crippen MR) is 80.9 cm³/mol. The van der Waals surface area contributed by atoms with Crippen LogP contribution in [0.15, 0.2) is 51.7 Å². The lowest BCUT2D eigenvalue weighted by molar-refractivity contribution is 0.102. The number of anilines is 1. The molecule has 1 aromatic heterocycles. The van der Waals surface area contributed by atoms with Gasteiger partial charge in [0.2, 0.25) is 0 Å². The Kier molecular flexibility index (Phi) is 3.27. The van der Waals surface area contributed by atoms with Crippen LogP contribution in [0.3, 0.4) is 0 Å². The first-order valence-corrected chi connectivity index (χ1v) is 6.59. The molecule has 6 heteroatoms. The molecule has 1 N–H and O–H groups in total. The van der Waals surface area contributed by atoms with Gasteiger partial charge < -0.3 is 9.73 Å². The average Bonchev–Trinajstić information content (AvgIpc) is 2.76. The summed E-state index contributed by atoms with van der Waals surface area (Å²) in [7, 11) is 1.61. The third kappa shape index (κ3) is 2.55. The number of halogens is 1. The summed E-state index contributed by atoms with van der Waals surface area (Å²) in [5.41, 5.74) is 2.07. The smallest absolute Gasteiger partial charge is 0.408 e. The van der Waals surface area contributed by atoms with Crippen molar-refractivity contribution in [3.05, 3.63) is 63.6 Å². The highest BCUT2D eigenvalue weighted by atomic mass is 35.5. The van der Waals surface area contributed by atoms with E-state index < -0.39 is 5.76 Å². The van der Waals surface area contributed by atoms with Gasteiger partial charge in [0, 0.05) is 23.3 Å². The molecule has 3 rings (SSSR count). The molecule has 106 valence electrons. The topological polar surface area (TPSA) is 64.2 Å². The van der Waals surface area contributed by atoms with Gasteiger partial charge in [-0.3, -0.25) is 9.36 Å². The predicted octanol–water partition coefficient (Wildman–Crippen LogP) is 3.04. The van der Waals surface area contributed by atoms with Crippen LogP contribution in [0.4, 0.5) is 5.69 Å². The fourth-order valence-electron chi connectivity index (χ4n) is 2.01. The summed E-state index contributed by atoms with van der Waals surface area (Å²) >= 11 is 5.79. The Bertz CT molecular complexity index is 878. The summed E-state index contributed by atoms with van der Waals surface area (Å²) in [6.45, 7) is 0. The Hall–Kier alpha value is -2.53. The lowest BCUT2D eigenvalue weighted by atomic mass is 10.2. The minimum absolute atomic E-state index is 0.286. The minimum atomic E-state index is -0.458. The molecule has 3 aromatic rings. The van der Waals surface area contributed by atoms with Crippen molar-refractivity contribution in [1.82, 2.24) is 4.57 Å². The number of oxazole rings is 1. The van der Waals surface area contributed by atoms with E-state index in [1.54, 1.807) is 49.5 Å². The Morgan fingerprint density at radius 3 is 2.62 bits per heavy atom. The number of hydrogen-bond acceptors (Lipinski definition) is 3. The fraction of sp³-hybridized carbons (Fsp3) is 0.0667. The summed E-state index contributed by atoms with van der Waals surface area (Å²) in [6.07, 6.45) is 0. The van der Waals surface area contributed by atoms with Gasteiger partial charge in [0.1, 0.15) is 0 Å². The zero-order valence-electron chi connectivity index (χ0n) is 11.1. The van der Waals surface area contributed by atoms with Crippen molar-refractivity contribution in [2.45, 2.75) is 0 Å². The van der Waals surface area contributed by atoms with Crippen LogP contribution in [0, 0.1) is 0 Å². The highest BCUT2D eigenvalue weighted by Gasteiger charge is 2.11. The first-order valence-electron chi connectivity index (χ1n) is 6.21. The number of carbonyl (C=O) groups is 1. The minimum Gasteiger partial charge on any atom is -0.408 e. The molecule has 0 spiro atoms. The van der Waals surface area contributed by atoms with Crippen LogP contribution in [0.5, 0.6) is 0 Å². The van der Waals surface area contributed by atoms with Crippen molar-refractivity contribution in [1.29, 1.82) is 0 Å². The molecule has 0 saturated heterocycles. The highest BCUT2D eigenvalue weighted by Crippen LogP contribution is 2.17. The van der Waals surface area contributed by atoms with Crippen LogP contribution < -0.4 is 11.1 Å². The molecule has 5 nitrogen and oxygen atoms in total. The number of hydrogen-bond donors (Lipinski definition) is 1. The SMILES string of the molecule is Cn1c(=O)oc2cc(C(=O)Nc3ccc(Cl)cc3)ccc21. The molecule has 0 aliphatic carbocycles. The Morgan fingerprint density at radius 2 is 1.90 bits per heavy atom. The molecule has 0 fully saturated rings. The monoisotopic (exact) mass is 302 g/mol. The number of amides is 1. The Labute approximate surface area is 124 Å². The molecule has 2 aromatic carbocycles. The molecule has 0 bridgehead atoms. The Balaban J connectivity index is 1.91. The maximum atomic E-state index is 12.2. The highest BCUT2D eigenvalue weighted by molar-refractivity contribution is 6.30. The first kappa shape index (κ1) is 13.5. The molecular weight excluding hydrogens is 292 g/mol. The van der Waals surface area contributed by atoms with Crippen LogP contribution in [-0.2, 0) is 7.05 Å². The standard InChI is InChI=1S/C15H11ClN2O3/c1-18-12-7-2-9(8-13(12)21-15(18)20)14(19)17-11-5-3-10(16)4-6-11/h2-8H,1H3,(H,17,19). The summed E-state index contributed by atoms with van der Waals surface area (Å²) in [5, 5.41) is 3.35. The van der Waals surface area contributed by atoms with Gasteiger partial charge in [0.25, 0.3) is 5.91 Å². The number of nitrogens with zero attached hydrogens (tertiary/aromatic N) is 1. The van der Waals surface area contributed by atoms with Crippen LogP contribution in [0.25, 0.3) is 11.1 Å². The van der Waals surface area contributed by atoms with E-state index in [1.165, 1.54) is 4.57 Å². The second kappa shape index (κ2) is 5.10. The van der Waals surface area contributed by atoms with Gasteiger partial charge in [0.05, 0.1) is 5.52 Å². The van der Waals surface area contributed by atoms with Crippen LogP contribution in [0.1, 0.15) is 10.4 Å². The quantitative estimate of drug-likeness (QED) is 0.791. The van der Waals surface area contributed by atoms with Gasteiger partial charge in [-0.2, -0.15) is 0 Å². The second-order valence-electron chi connectivity index (χ2n) is 4.57. The number of benzene rings is 2. The van der Waals surface area contributed by atoms with Crippen molar-refractivity contribution >= 4 is 34.3 Å².